The minimum atomic E-state index is -0.221. The van der Waals surface area contributed by atoms with Crippen LogP contribution in [0, 0.1) is 0 Å². The van der Waals surface area contributed by atoms with Gasteiger partial charge < -0.3 is 0 Å². The van der Waals surface area contributed by atoms with Crippen LogP contribution in [0.25, 0.3) is 32.3 Å². The molecular formula is C18H18N6OSe. The second-order valence-corrected chi connectivity index (χ2v) is 8.55. The average Bonchev–Trinajstić information content (AvgIpc) is 3.28. The van der Waals surface area contributed by atoms with E-state index in [-0.39, 0.29) is 20.1 Å². The van der Waals surface area contributed by atoms with Gasteiger partial charge >= 0.3 is 155 Å². The number of H-pyrrole nitrogens is 2. The average molecular weight is 413 g/mol. The third-order valence-electron chi connectivity index (χ3n) is 5.02. The summed E-state index contributed by atoms with van der Waals surface area (Å²) in [6.07, 6.45) is 2.17. The van der Waals surface area contributed by atoms with Crippen molar-refractivity contribution in [1.82, 2.24) is 25.3 Å². The molecule has 0 radical (unpaired) electrons. The quantitative estimate of drug-likeness (QED) is 0.373. The van der Waals surface area contributed by atoms with Gasteiger partial charge in [-0.3, -0.25) is 0 Å². The molecule has 4 aromatic heterocycles. The number of piperidine rings is 1. The SMILES string of the molecule is Nc1c(-c2nc3nc(C4CCNCC4)ccc3[nH]2)c(=O)[nH]c2cc[se]c12. The maximum atomic E-state index is 12.5. The molecule has 1 saturated heterocycles. The summed E-state index contributed by atoms with van der Waals surface area (Å²) in [5.74, 6) is 0.947. The van der Waals surface area contributed by atoms with Gasteiger partial charge in [-0.2, -0.15) is 0 Å². The van der Waals surface area contributed by atoms with Gasteiger partial charge in [0.25, 0.3) is 0 Å². The maximum absolute atomic E-state index is 12.5. The van der Waals surface area contributed by atoms with Gasteiger partial charge in [-0.15, -0.1) is 0 Å². The third kappa shape index (κ3) is 2.49. The van der Waals surface area contributed by atoms with Crippen molar-refractivity contribution in [2.24, 2.45) is 0 Å². The number of anilines is 1. The van der Waals surface area contributed by atoms with Crippen LogP contribution in [0.2, 0.25) is 0 Å². The Hall–Kier alpha value is -2.41. The number of pyridine rings is 2. The van der Waals surface area contributed by atoms with Crippen LogP contribution in [0.1, 0.15) is 24.5 Å². The number of rotatable bonds is 2. The summed E-state index contributed by atoms with van der Waals surface area (Å²) in [6.45, 7) is 2.04. The molecule has 5 N–H and O–H groups in total. The molecule has 1 aliphatic rings. The molecule has 7 nitrogen and oxygen atoms in total. The predicted octanol–water partition coefficient (Wildman–Crippen LogP) is 1.57. The summed E-state index contributed by atoms with van der Waals surface area (Å²) in [6, 6.07) is 5.98. The van der Waals surface area contributed by atoms with Crippen molar-refractivity contribution in [3.8, 4) is 11.4 Å². The number of aromatic nitrogens is 4. The first-order chi connectivity index (χ1) is 12.7. The van der Waals surface area contributed by atoms with Gasteiger partial charge in [0, 0.05) is 0 Å². The molecule has 5 rings (SSSR count). The van der Waals surface area contributed by atoms with E-state index in [1.807, 2.05) is 12.1 Å². The topological polar surface area (TPSA) is 112 Å². The van der Waals surface area contributed by atoms with Gasteiger partial charge in [-0.25, -0.2) is 0 Å². The van der Waals surface area contributed by atoms with Crippen molar-refractivity contribution in [3.05, 3.63) is 39.2 Å². The summed E-state index contributed by atoms with van der Waals surface area (Å²) >= 11 is 0.144. The summed E-state index contributed by atoms with van der Waals surface area (Å²) in [7, 11) is 0. The first-order valence-corrected chi connectivity index (χ1v) is 10.5. The van der Waals surface area contributed by atoms with E-state index in [0.717, 1.165) is 46.9 Å². The van der Waals surface area contributed by atoms with Gasteiger partial charge in [0.1, 0.15) is 0 Å². The Morgan fingerprint density at radius 1 is 1.08 bits per heavy atom. The first-order valence-electron chi connectivity index (χ1n) is 8.67. The summed E-state index contributed by atoms with van der Waals surface area (Å²) in [5, 5.41) is 3.37. The minimum absolute atomic E-state index is 0.144. The van der Waals surface area contributed by atoms with E-state index in [1.165, 1.54) is 0 Å². The number of hydrogen-bond acceptors (Lipinski definition) is 5. The molecule has 1 fully saturated rings. The van der Waals surface area contributed by atoms with Gasteiger partial charge in [0.2, 0.25) is 0 Å². The van der Waals surface area contributed by atoms with E-state index in [2.05, 4.69) is 31.3 Å². The van der Waals surface area contributed by atoms with E-state index >= 15 is 0 Å². The molecule has 0 unspecified atom stereocenters. The molecule has 26 heavy (non-hydrogen) atoms. The zero-order valence-corrected chi connectivity index (χ0v) is 15.7. The van der Waals surface area contributed by atoms with Crippen molar-refractivity contribution in [3.63, 3.8) is 0 Å². The fourth-order valence-electron chi connectivity index (χ4n) is 3.64. The molecule has 0 atom stereocenters. The van der Waals surface area contributed by atoms with Crippen LogP contribution in [0.3, 0.4) is 0 Å². The molecule has 8 heteroatoms. The van der Waals surface area contributed by atoms with Crippen LogP contribution in [0.4, 0.5) is 5.69 Å². The summed E-state index contributed by atoms with van der Waals surface area (Å²) < 4.78 is 1.01. The number of nitrogen functional groups attached to an aromatic ring is 1. The van der Waals surface area contributed by atoms with Gasteiger partial charge in [-0.1, -0.05) is 0 Å². The van der Waals surface area contributed by atoms with Crippen LogP contribution in [-0.4, -0.2) is 47.5 Å². The van der Waals surface area contributed by atoms with E-state index < -0.39 is 0 Å². The van der Waals surface area contributed by atoms with Crippen LogP contribution in [0.5, 0.6) is 0 Å². The molecule has 0 bridgehead atoms. The van der Waals surface area contributed by atoms with Crippen molar-refractivity contribution in [1.29, 1.82) is 0 Å². The number of nitrogens with zero attached hydrogens (tertiary/aromatic N) is 2. The summed E-state index contributed by atoms with van der Waals surface area (Å²) in [4.78, 5) is 30.1. The van der Waals surface area contributed by atoms with E-state index in [0.29, 0.717) is 28.6 Å². The second kappa shape index (κ2) is 6.09. The van der Waals surface area contributed by atoms with Crippen LogP contribution >= 0.6 is 0 Å². The van der Waals surface area contributed by atoms with Gasteiger partial charge in [-0.05, 0) is 0 Å². The Morgan fingerprint density at radius 3 is 2.77 bits per heavy atom. The number of imidazole rings is 1. The van der Waals surface area contributed by atoms with Crippen LogP contribution in [-0.2, 0) is 0 Å². The number of aromatic amines is 2. The fourth-order valence-corrected chi connectivity index (χ4v) is 5.35. The van der Waals surface area contributed by atoms with Crippen LogP contribution < -0.4 is 16.6 Å². The van der Waals surface area contributed by atoms with E-state index in [9.17, 15) is 4.79 Å². The Labute approximate surface area is 154 Å². The Kier molecular flexibility index (Phi) is 3.70. The summed E-state index contributed by atoms with van der Waals surface area (Å²) in [5.41, 5.74) is 10.4. The van der Waals surface area contributed by atoms with E-state index in [1.54, 1.807) is 0 Å². The Bertz CT molecular complexity index is 1170. The normalized spacial score (nSPS) is 15.8. The van der Waals surface area contributed by atoms with Gasteiger partial charge in [0.05, 0.1) is 0 Å². The molecule has 0 saturated carbocycles. The fraction of sp³-hybridized carbons (Fsp3) is 0.278. The first kappa shape index (κ1) is 15.8. The van der Waals surface area contributed by atoms with Crippen molar-refractivity contribution < 1.29 is 0 Å². The zero-order chi connectivity index (χ0) is 17.7. The van der Waals surface area contributed by atoms with Crippen LogP contribution in [0.15, 0.2) is 27.9 Å². The number of fused-ring (bicyclic) bond motifs is 2. The predicted molar refractivity (Wildman–Crippen MR) is 104 cm³/mol. The number of hydrogen-bond donors (Lipinski definition) is 4. The number of nitrogens with one attached hydrogen (secondary N) is 3. The molecule has 0 aliphatic carbocycles. The van der Waals surface area contributed by atoms with Crippen molar-refractivity contribution in [2.45, 2.75) is 18.8 Å². The van der Waals surface area contributed by atoms with E-state index in [4.69, 9.17) is 10.7 Å². The molecule has 0 spiro atoms. The monoisotopic (exact) mass is 414 g/mol. The Balaban J connectivity index is 1.63. The standard InChI is InChI=1S/C18H18N6OSe/c19-14-13(18(25)23-11-5-8-26-15(11)14)17-22-12-2-1-10(21-16(12)24-17)9-3-6-20-7-4-9/h1-2,5,8-9,20H,3-4,6-7H2,(H3,19,23,25)(H,21,22,24). The van der Waals surface area contributed by atoms with Crippen molar-refractivity contribution in [2.75, 3.05) is 18.8 Å². The zero-order valence-electron chi connectivity index (χ0n) is 14.0. The molecule has 0 aromatic carbocycles. The molecular weight excluding hydrogens is 395 g/mol. The second-order valence-electron chi connectivity index (χ2n) is 6.62. The number of nitrogens with two attached hydrogens (primary N) is 1. The Morgan fingerprint density at radius 2 is 1.92 bits per heavy atom. The molecule has 132 valence electrons. The third-order valence-corrected chi connectivity index (χ3v) is 7.00. The molecule has 5 heterocycles. The molecule has 0 amide bonds. The molecule has 4 aromatic rings. The molecule has 1 aliphatic heterocycles. The van der Waals surface area contributed by atoms with Gasteiger partial charge in [0.15, 0.2) is 0 Å². The van der Waals surface area contributed by atoms with Crippen molar-refractivity contribution >= 4 is 41.1 Å².